The molecule has 2 atom stereocenters. The molecular weight excluding hydrogens is 272 g/mol. The molecule has 0 aliphatic carbocycles. The molecule has 1 saturated heterocycles. The molecule has 0 radical (unpaired) electrons. The van der Waals surface area contributed by atoms with Crippen LogP contribution in [0.25, 0.3) is 0 Å². The number of benzene rings is 1. The van der Waals surface area contributed by atoms with Crippen molar-refractivity contribution in [1.29, 1.82) is 0 Å². The molecular formula is C16H23ClN2O. The van der Waals surface area contributed by atoms with Gasteiger partial charge in [0.2, 0.25) is 5.91 Å². The highest BCUT2D eigenvalue weighted by molar-refractivity contribution is 6.30. The minimum atomic E-state index is -0.359. The van der Waals surface area contributed by atoms with Crippen LogP contribution in [0.3, 0.4) is 0 Å². The van der Waals surface area contributed by atoms with Gasteiger partial charge in [0.15, 0.2) is 0 Å². The zero-order valence-corrected chi connectivity index (χ0v) is 13.0. The van der Waals surface area contributed by atoms with E-state index < -0.39 is 0 Å². The van der Waals surface area contributed by atoms with Crippen LogP contribution in [-0.2, 0) is 11.2 Å². The molecule has 2 N–H and O–H groups in total. The van der Waals surface area contributed by atoms with Crippen molar-refractivity contribution < 1.29 is 4.79 Å². The van der Waals surface area contributed by atoms with Crippen LogP contribution in [0.1, 0.15) is 38.7 Å². The molecule has 4 heteroatoms. The minimum absolute atomic E-state index is 0.104. The summed E-state index contributed by atoms with van der Waals surface area (Å²) in [6, 6.07) is 7.90. The van der Waals surface area contributed by atoms with Crippen LogP contribution >= 0.6 is 11.6 Å². The van der Waals surface area contributed by atoms with Gasteiger partial charge in [-0.25, -0.2) is 0 Å². The fourth-order valence-corrected chi connectivity index (χ4v) is 3.11. The molecule has 110 valence electrons. The van der Waals surface area contributed by atoms with Gasteiger partial charge < -0.3 is 10.6 Å². The molecule has 0 saturated carbocycles. The van der Waals surface area contributed by atoms with Crippen molar-refractivity contribution in [2.24, 2.45) is 0 Å². The van der Waals surface area contributed by atoms with Crippen molar-refractivity contribution in [2.75, 3.05) is 6.54 Å². The molecule has 3 nitrogen and oxygen atoms in total. The number of carbonyl (C=O) groups excluding carboxylic acids is 1. The van der Waals surface area contributed by atoms with Crippen LogP contribution in [0.5, 0.6) is 0 Å². The van der Waals surface area contributed by atoms with E-state index in [0.717, 1.165) is 42.8 Å². The first kappa shape index (κ1) is 15.3. The predicted molar refractivity (Wildman–Crippen MR) is 83.0 cm³/mol. The summed E-state index contributed by atoms with van der Waals surface area (Å²) in [7, 11) is 0. The number of hydrogen-bond donors (Lipinski definition) is 2. The van der Waals surface area contributed by atoms with E-state index in [4.69, 9.17) is 11.6 Å². The quantitative estimate of drug-likeness (QED) is 0.877. The van der Waals surface area contributed by atoms with Crippen LogP contribution in [0.4, 0.5) is 0 Å². The third-order valence-corrected chi connectivity index (χ3v) is 4.33. The van der Waals surface area contributed by atoms with Crippen LogP contribution in [0.2, 0.25) is 5.02 Å². The van der Waals surface area contributed by atoms with E-state index in [0.29, 0.717) is 0 Å². The molecule has 2 unspecified atom stereocenters. The monoisotopic (exact) mass is 294 g/mol. The summed E-state index contributed by atoms with van der Waals surface area (Å²) in [5, 5.41) is 7.24. The molecule has 2 rings (SSSR count). The Balaban J connectivity index is 1.94. The number of nitrogens with one attached hydrogen (secondary N) is 2. The summed E-state index contributed by atoms with van der Waals surface area (Å²) < 4.78 is 0. The van der Waals surface area contributed by atoms with E-state index in [1.807, 2.05) is 31.2 Å². The minimum Gasteiger partial charge on any atom is -0.352 e. The van der Waals surface area contributed by atoms with Gasteiger partial charge in [0.1, 0.15) is 0 Å². The van der Waals surface area contributed by atoms with E-state index in [1.54, 1.807) is 0 Å². The van der Waals surface area contributed by atoms with E-state index in [9.17, 15) is 4.79 Å². The Morgan fingerprint density at radius 3 is 2.95 bits per heavy atom. The maximum Gasteiger partial charge on any atom is 0.240 e. The van der Waals surface area contributed by atoms with Crippen molar-refractivity contribution in [1.82, 2.24) is 10.6 Å². The highest BCUT2D eigenvalue weighted by Crippen LogP contribution is 2.23. The average Bonchev–Trinajstić information content (AvgIpc) is 2.88. The average molecular weight is 295 g/mol. The fraction of sp³-hybridized carbons (Fsp3) is 0.562. The Labute approximate surface area is 126 Å². The molecule has 0 spiro atoms. The van der Waals surface area contributed by atoms with Gasteiger partial charge in [-0.1, -0.05) is 30.7 Å². The van der Waals surface area contributed by atoms with Crippen molar-refractivity contribution in [3.05, 3.63) is 34.9 Å². The normalized spacial score (nSPS) is 23.6. The van der Waals surface area contributed by atoms with Gasteiger partial charge in [0.25, 0.3) is 0 Å². The highest BCUT2D eigenvalue weighted by Gasteiger charge is 2.39. The SMILES string of the molecule is CCC1(C(=O)NC(C)Cc2cccc(Cl)c2)CCCN1. The second kappa shape index (κ2) is 6.59. The van der Waals surface area contributed by atoms with Crippen LogP contribution in [0, 0.1) is 0 Å². The predicted octanol–water partition coefficient (Wildman–Crippen LogP) is 2.92. The summed E-state index contributed by atoms with van der Waals surface area (Å²) in [6.07, 6.45) is 3.64. The molecule has 1 aliphatic rings. The molecule has 1 heterocycles. The molecule has 0 aromatic heterocycles. The number of hydrogen-bond acceptors (Lipinski definition) is 2. The van der Waals surface area contributed by atoms with Gasteiger partial charge in [-0.05, 0) is 56.8 Å². The van der Waals surface area contributed by atoms with Crippen molar-refractivity contribution >= 4 is 17.5 Å². The molecule has 1 aromatic carbocycles. The largest absolute Gasteiger partial charge is 0.352 e. The van der Waals surface area contributed by atoms with Gasteiger partial charge in [-0.2, -0.15) is 0 Å². The lowest BCUT2D eigenvalue weighted by Crippen LogP contribution is -2.55. The Morgan fingerprint density at radius 2 is 2.35 bits per heavy atom. The number of amides is 1. The maximum absolute atomic E-state index is 12.5. The lowest BCUT2D eigenvalue weighted by Gasteiger charge is -2.28. The second-order valence-electron chi connectivity index (χ2n) is 5.67. The van der Waals surface area contributed by atoms with Gasteiger partial charge in [-0.3, -0.25) is 4.79 Å². The molecule has 1 aromatic rings. The first-order valence-corrected chi connectivity index (χ1v) is 7.74. The number of halogens is 1. The highest BCUT2D eigenvalue weighted by atomic mass is 35.5. The third kappa shape index (κ3) is 3.53. The molecule has 20 heavy (non-hydrogen) atoms. The summed E-state index contributed by atoms with van der Waals surface area (Å²) in [4.78, 5) is 12.5. The second-order valence-corrected chi connectivity index (χ2v) is 6.11. The van der Waals surface area contributed by atoms with Gasteiger partial charge in [0.05, 0.1) is 5.54 Å². The summed E-state index contributed by atoms with van der Waals surface area (Å²) in [5.41, 5.74) is 0.790. The Hall–Kier alpha value is -1.06. The van der Waals surface area contributed by atoms with Crippen LogP contribution < -0.4 is 10.6 Å². The Morgan fingerprint density at radius 1 is 1.55 bits per heavy atom. The van der Waals surface area contributed by atoms with E-state index in [2.05, 4.69) is 17.6 Å². The smallest absolute Gasteiger partial charge is 0.240 e. The van der Waals surface area contributed by atoms with E-state index >= 15 is 0 Å². The van der Waals surface area contributed by atoms with Gasteiger partial charge in [0, 0.05) is 11.1 Å². The lowest BCUT2D eigenvalue weighted by atomic mass is 9.92. The molecule has 0 bridgehead atoms. The lowest BCUT2D eigenvalue weighted by molar-refractivity contribution is -0.127. The zero-order chi connectivity index (χ0) is 14.6. The molecule has 1 fully saturated rings. The van der Waals surface area contributed by atoms with Crippen molar-refractivity contribution in [3.63, 3.8) is 0 Å². The first-order chi connectivity index (χ1) is 9.55. The van der Waals surface area contributed by atoms with Crippen molar-refractivity contribution in [2.45, 2.75) is 51.1 Å². The standard InChI is InChI=1S/C16H23ClN2O/c1-3-16(8-5-9-18-16)15(20)19-12(2)10-13-6-4-7-14(17)11-13/h4,6-7,11-12,18H,3,5,8-10H2,1-2H3,(H,19,20). The zero-order valence-electron chi connectivity index (χ0n) is 12.2. The maximum atomic E-state index is 12.5. The van der Waals surface area contributed by atoms with E-state index in [1.165, 1.54) is 0 Å². The summed E-state index contributed by atoms with van der Waals surface area (Å²) in [6.45, 7) is 5.04. The molecule has 1 aliphatic heterocycles. The fourth-order valence-electron chi connectivity index (χ4n) is 2.89. The Kier molecular flexibility index (Phi) is 5.06. The van der Waals surface area contributed by atoms with E-state index in [-0.39, 0.29) is 17.5 Å². The van der Waals surface area contributed by atoms with Crippen LogP contribution in [0.15, 0.2) is 24.3 Å². The van der Waals surface area contributed by atoms with Crippen molar-refractivity contribution in [3.8, 4) is 0 Å². The summed E-state index contributed by atoms with van der Waals surface area (Å²) in [5.74, 6) is 0.132. The first-order valence-electron chi connectivity index (χ1n) is 7.36. The number of rotatable bonds is 5. The van der Waals surface area contributed by atoms with Gasteiger partial charge >= 0.3 is 0 Å². The molecule has 1 amide bonds. The Bertz CT molecular complexity index is 469. The third-order valence-electron chi connectivity index (χ3n) is 4.09. The number of carbonyl (C=O) groups is 1. The summed E-state index contributed by atoms with van der Waals surface area (Å²) >= 11 is 5.98. The van der Waals surface area contributed by atoms with Gasteiger partial charge in [-0.15, -0.1) is 0 Å². The topological polar surface area (TPSA) is 41.1 Å². The van der Waals surface area contributed by atoms with Crippen LogP contribution in [-0.4, -0.2) is 24.0 Å².